The van der Waals surface area contributed by atoms with E-state index in [1.807, 2.05) is 0 Å². The van der Waals surface area contributed by atoms with Gasteiger partial charge in [-0.15, -0.1) is 0 Å². The molecule has 3 amide bonds. The van der Waals surface area contributed by atoms with Crippen molar-refractivity contribution >= 4 is 17.9 Å². The van der Waals surface area contributed by atoms with Gasteiger partial charge in [-0.2, -0.15) is 0 Å². The van der Waals surface area contributed by atoms with Crippen LogP contribution < -0.4 is 10.6 Å². The molecule has 0 unspecified atom stereocenters. The number of carbonyl (C=O) groups is 3. The molecule has 0 aromatic heterocycles. The van der Waals surface area contributed by atoms with Crippen molar-refractivity contribution in [3.8, 4) is 0 Å². The fourth-order valence-electron chi connectivity index (χ4n) is 2.75. The first-order valence-electron chi connectivity index (χ1n) is 7.61. The Labute approximate surface area is 124 Å². The van der Waals surface area contributed by atoms with Crippen LogP contribution in [0, 0.1) is 0 Å². The number of aliphatic carboxylic acids is 1. The molecule has 0 aromatic rings. The van der Waals surface area contributed by atoms with E-state index in [1.165, 1.54) is 6.42 Å². The molecule has 2 saturated carbocycles. The van der Waals surface area contributed by atoms with E-state index in [0.29, 0.717) is 0 Å². The fraction of sp³-hybridized carbons (Fsp3) is 0.786. The fourth-order valence-corrected chi connectivity index (χ4v) is 2.75. The SMILES string of the molecule is O=C(O)CN(CC(=O)NC(=O)NC1CCCCC1)C1CC1. The molecule has 0 bridgehead atoms. The molecule has 0 heterocycles. The molecular weight excluding hydrogens is 274 g/mol. The minimum absolute atomic E-state index is 0.0466. The molecule has 0 aliphatic heterocycles. The number of carboxylic acid groups (broad SMARTS) is 1. The Morgan fingerprint density at radius 3 is 2.24 bits per heavy atom. The van der Waals surface area contributed by atoms with Crippen molar-refractivity contribution in [1.82, 2.24) is 15.5 Å². The van der Waals surface area contributed by atoms with Gasteiger partial charge in [-0.05, 0) is 25.7 Å². The van der Waals surface area contributed by atoms with E-state index in [9.17, 15) is 14.4 Å². The van der Waals surface area contributed by atoms with Crippen molar-refractivity contribution in [2.24, 2.45) is 0 Å². The van der Waals surface area contributed by atoms with Gasteiger partial charge in [0.2, 0.25) is 5.91 Å². The Balaban J connectivity index is 1.71. The minimum atomic E-state index is -0.957. The zero-order valence-corrected chi connectivity index (χ0v) is 12.1. The number of urea groups is 1. The zero-order chi connectivity index (χ0) is 15.2. The predicted molar refractivity (Wildman–Crippen MR) is 75.8 cm³/mol. The van der Waals surface area contributed by atoms with E-state index < -0.39 is 17.9 Å². The van der Waals surface area contributed by atoms with Gasteiger partial charge in [0.15, 0.2) is 0 Å². The second-order valence-electron chi connectivity index (χ2n) is 5.89. The summed E-state index contributed by atoms with van der Waals surface area (Å²) in [5, 5.41) is 13.9. The lowest BCUT2D eigenvalue weighted by Crippen LogP contribution is -2.48. The van der Waals surface area contributed by atoms with Gasteiger partial charge < -0.3 is 10.4 Å². The van der Waals surface area contributed by atoms with Crippen LogP contribution in [0.3, 0.4) is 0 Å². The molecule has 0 radical (unpaired) electrons. The predicted octanol–water partition coefficient (Wildman–Crippen LogP) is 0.694. The second kappa shape index (κ2) is 7.40. The summed E-state index contributed by atoms with van der Waals surface area (Å²) in [6.45, 7) is -0.211. The van der Waals surface area contributed by atoms with Gasteiger partial charge >= 0.3 is 12.0 Å². The number of hydrogen-bond donors (Lipinski definition) is 3. The molecule has 118 valence electrons. The average Bonchev–Trinajstić information content (AvgIpc) is 3.22. The highest BCUT2D eigenvalue weighted by Gasteiger charge is 2.31. The molecule has 0 spiro atoms. The summed E-state index contributed by atoms with van der Waals surface area (Å²) in [7, 11) is 0. The van der Waals surface area contributed by atoms with Crippen LogP contribution in [0.25, 0.3) is 0 Å². The Bertz CT molecular complexity index is 403. The average molecular weight is 297 g/mol. The maximum Gasteiger partial charge on any atom is 0.321 e. The molecule has 21 heavy (non-hydrogen) atoms. The lowest BCUT2D eigenvalue weighted by atomic mass is 9.96. The molecular formula is C14H23N3O4. The van der Waals surface area contributed by atoms with Crippen LogP contribution in [0.15, 0.2) is 0 Å². The molecule has 3 N–H and O–H groups in total. The summed E-state index contributed by atoms with van der Waals surface area (Å²) in [5.74, 6) is -1.40. The summed E-state index contributed by atoms with van der Waals surface area (Å²) in [5.41, 5.74) is 0. The van der Waals surface area contributed by atoms with E-state index in [-0.39, 0.29) is 25.2 Å². The molecule has 7 heteroatoms. The van der Waals surface area contributed by atoms with Gasteiger partial charge in [-0.25, -0.2) is 4.79 Å². The van der Waals surface area contributed by atoms with Crippen LogP contribution in [0.1, 0.15) is 44.9 Å². The Hall–Kier alpha value is -1.63. The number of nitrogens with one attached hydrogen (secondary N) is 2. The third-order valence-corrected chi connectivity index (χ3v) is 3.94. The number of nitrogens with zero attached hydrogens (tertiary/aromatic N) is 1. The smallest absolute Gasteiger partial charge is 0.321 e. The van der Waals surface area contributed by atoms with Crippen LogP contribution in [0.4, 0.5) is 4.79 Å². The summed E-state index contributed by atoms with van der Waals surface area (Å²) in [4.78, 5) is 35.9. The maximum absolute atomic E-state index is 11.8. The van der Waals surface area contributed by atoms with Gasteiger partial charge in [0, 0.05) is 12.1 Å². The molecule has 0 aromatic carbocycles. The maximum atomic E-state index is 11.8. The minimum Gasteiger partial charge on any atom is -0.480 e. The van der Waals surface area contributed by atoms with Gasteiger partial charge in [-0.3, -0.25) is 19.8 Å². The van der Waals surface area contributed by atoms with E-state index in [0.717, 1.165) is 38.5 Å². The first kappa shape index (κ1) is 15.8. The standard InChI is InChI=1S/C14H23N3O4/c18-12(8-17(9-13(19)20)11-6-7-11)16-14(21)15-10-4-2-1-3-5-10/h10-11H,1-9H2,(H,19,20)(H2,15,16,18,21). The van der Waals surface area contributed by atoms with Crippen LogP contribution >= 0.6 is 0 Å². The van der Waals surface area contributed by atoms with Crippen molar-refractivity contribution < 1.29 is 19.5 Å². The van der Waals surface area contributed by atoms with E-state index >= 15 is 0 Å². The Morgan fingerprint density at radius 2 is 1.67 bits per heavy atom. The molecule has 2 fully saturated rings. The van der Waals surface area contributed by atoms with Gasteiger partial charge in [-0.1, -0.05) is 19.3 Å². The topological polar surface area (TPSA) is 98.7 Å². The number of hydrogen-bond acceptors (Lipinski definition) is 4. The molecule has 7 nitrogen and oxygen atoms in total. The van der Waals surface area contributed by atoms with E-state index in [2.05, 4.69) is 10.6 Å². The van der Waals surface area contributed by atoms with Crippen LogP contribution in [0.2, 0.25) is 0 Å². The van der Waals surface area contributed by atoms with Crippen molar-refractivity contribution in [3.05, 3.63) is 0 Å². The molecule has 0 atom stereocenters. The van der Waals surface area contributed by atoms with Crippen molar-refractivity contribution in [3.63, 3.8) is 0 Å². The van der Waals surface area contributed by atoms with Crippen LogP contribution in [0.5, 0.6) is 0 Å². The summed E-state index contributed by atoms with van der Waals surface area (Å²) < 4.78 is 0. The lowest BCUT2D eigenvalue weighted by Gasteiger charge is -2.23. The van der Waals surface area contributed by atoms with Crippen LogP contribution in [-0.2, 0) is 9.59 Å². The number of carbonyl (C=O) groups excluding carboxylic acids is 2. The van der Waals surface area contributed by atoms with Crippen molar-refractivity contribution in [1.29, 1.82) is 0 Å². The van der Waals surface area contributed by atoms with Crippen molar-refractivity contribution in [2.75, 3.05) is 13.1 Å². The first-order valence-corrected chi connectivity index (χ1v) is 7.61. The molecule has 2 rings (SSSR count). The summed E-state index contributed by atoms with van der Waals surface area (Å²) in [6.07, 6.45) is 7.14. The van der Waals surface area contributed by atoms with Crippen LogP contribution in [-0.4, -0.2) is 53.1 Å². The number of rotatable bonds is 6. The number of amides is 3. The number of imide groups is 1. The van der Waals surface area contributed by atoms with E-state index in [4.69, 9.17) is 5.11 Å². The first-order chi connectivity index (χ1) is 10.0. The van der Waals surface area contributed by atoms with E-state index in [1.54, 1.807) is 4.90 Å². The van der Waals surface area contributed by atoms with Gasteiger partial charge in [0.25, 0.3) is 0 Å². The monoisotopic (exact) mass is 297 g/mol. The third-order valence-electron chi connectivity index (χ3n) is 3.94. The highest BCUT2D eigenvalue weighted by molar-refractivity contribution is 5.95. The third kappa shape index (κ3) is 5.71. The quantitative estimate of drug-likeness (QED) is 0.670. The second-order valence-corrected chi connectivity index (χ2v) is 5.89. The molecule has 0 saturated heterocycles. The number of carboxylic acids is 1. The lowest BCUT2D eigenvalue weighted by molar-refractivity contribution is -0.138. The highest BCUT2D eigenvalue weighted by atomic mass is 16.4. The summed E-state index contributed by atoms with van der Waals surface area (Å²) in [6, 6.07) is -0.170. The largest absolute Gasteiger partial charge is 0.480 e. The molecule has 2 aliphatic carbocycles. The van der Waals surface area contributed by atoms with Crippen molar-refractivity contribution in [2.45, 2.75) is 57.0 Å². The highest BCUT2D eigenvalue weighted by Crippen LogP contribution is 2.26. The van der Waals surface area contributed by atoms with Gasteiger partial charge in [0.05, 0.1) is 13.1 Å². The molecule has 2 aliphatic rings. The zero-order valence-electron chi connectivity index (χ0n) is 12.1. The normalized spacial score (nSPS) is 19.3. The summed E-state index contributed by atoms with van der Waals surface area (Å²) >= 11 is 0. The van der Waals surface area contributed by atoms with Gasteiger partial charge in [0.1, 0.15) is 0 Å². The Kier molecular flexibility index (Phi) is 5.55. The Morgan fingerprint density at radius 1 is 1.00 bits per heavy atom.